The molecule has 5 nitrogen and oxygen atoms in total. The van der Waals surface area contributed by atoms with Gasteiger partial charge in [-0.3, -0.25) is 0 Å². The van der Waals surface area contributed by atoms with Gasteiger partial charge in [0.1, 0.15) is 5.75 Å². The molecule has 0 saturated carbocycles. The van der Waals surface area contributed by atoms with Gasteiger partial charge < -0.3 is 10.4 Å². The van der Waals surface area contributed by atoms with Crippen molar-refractivity contribution in [2.75, 3.05) is 5.32 Å². The topological polar surface area (TPSA) is 73.7 Å². The number of carbonyl (C=O) groups excluding carboxylic acids is 1. The van der Waals surface area contributed by atoms with E-state index in [1.165, 1.54) is 0 Å². The Kier molecular flexibility index (Phi) is 5.94. The molecule has 2 amide bonds. The van der Waals surface area contributed by atoms with Gasteiger partial charge in [-0.05, 0) is 40.7 Å². The second-order valence-corrected chi connectivity index (χ2v) is 8.65. The predicted octanol–water partition coefficient (Wildman–Crippen LogP) is 5.14. The van der Waals surface area contributed by atoms with Crippen LogP contribution in [0.5, 0.6) is 5.75 Å². The van der Waals surface area contributed by atoms with Crippen molar-refractivity contribution in [2.24, 2.45) is 5.10 Å². The van der Waals surface area contributed by atoms with Crippen LogP contribution in [-0.4, -0.2) is 17.4 Å². The molecule has 27 heavy (non-hydrogen) atoms. The van der Waals surface area contributed by atoms with Crippen LogP contribution < -0.4 is 10.7 Å². The van der Waals surface area contributed by atoms with Crippen LogP contribution in [0.25, 0.3) is 0 Å². The van der Waals surface area contributed by atoms with Gasteiger partial charge in [-0.15, -0.1) is 0 Å². The molecule has 5 heteroatoms. The van der Waals surface area contributed by atoms with Crippen molar-refractivity contribution in [3.8, 4) is 5.75 Å². The number of urea groups is 1. The van der Waals surface area contributed by atoms with Gasteiger partial charge in [0.15, 0.2) is 0 Å². The number of aromatic hydroxyl groups is 1. The third kappa shape index (κ3) is 5.58. The molecule has 3 N–H and O–H groups in total. The normalized spacial score (nSPS) is 12.2. The number of benzene rings is 2. The highest BCUT2D eigenvalue weighted by molar-refractivity contribution is 5.90. The highest BCUT2D eigenvalue weighted by atomic mass is 16.3. The smallest absolute Gasteiger partial charge is 0.339 e. The number of nitrogens with one attached hydrogen (secondary N) is 2. The standard InChI is InChI=1S/C22H29N3O2/c1-21(2,3)17-12-15(13-18(19(17)26)22(4,5)6)14-23-25-20(27)24-16-10-8-7-9-11-16/h7-14,26H,1-6H3,(H2,24,25,27). The molecular formula is C22H29N3O2. The Balaban J connectivity index is 2.22. The summed E-state index contributed by atoms with van der Waals surface area (Å²) in [7, 11) is 0. The lowest BCUT2D eigenvalue weighted by molar-refractivity contribution is 0.252. The molecule has 0 saturated heterocycles. The summed E-state index contributed by atoms with van der Waals surface area (Å²) in [6, 6.07) is 12.6. The first-order valence-electron chi connectivity index (χ1n) is 9.01. The van der Waals surface area contributed by atoms with Crippen molar-refractivity contribution in [3.05, 3.63) is 59.2 Å². The SMILES string of the molecule is CC(C)(C)c1cc(C=NNC(=O)Nc2ccccc2)cc(C(C)(C)C)c1O. The van der Waals surface area contributed by atoms with E-state index in [1.807, 2.05) is 30.3 Å². The third-order valence-electron chi connectivity index (χ3n) is 4.16. The van der Waals surface area contributed by atoms with Gasteiger partial charge in [0.05, 0.1) is 6.21 Å². The fraction of sp³-hybridized carbons (Fsp3) is 0.364. The van der Waals surface area contributed by atoms with E-state index in [0.29, 0.717) is 11.4 Å². The summed E-state index contributed by atoms with van der Waals surface area (Å²) in [4.78, 5) is 11.9. The second kappa shape index (κ2) is 7.82. The number of hydrogen-bond acceptors (Lipinski definition) is 3. The lowest BCUT2D eigenvalue weighted by Gasteiger charge is -2.27. The minimum absolute atomic E-state index is 0.216. The average molecular weight is 367 g/mol. The average Bonchev–Trinajstić information content (AvgIpc) is 2.55. The van der Waals surface area contributed by atoms with E-state index >= 15 is 0 Å². The molecule has 0 unspecified atom stereocenters. The number of rotatable bonds is 3. The summed E-state index contributed by atoms with van der Waals surface area (Å²) < 4.78 is 0. The highest BCUT2D eigenvalue weighted by Gasteiger charge is 2.26. The van der Waals surface area contributed by atoms with Crippen LogP contribution in [0.2, 0.25) is 0 Å². The van der Waals surface area contributed by atoms with Crippen molar-refractivity contribution in [2.45, 2.75) is 52.4 Å². The lowest BCUT2D eigenvalue weighted by atomic mass is 9.78. The largest absolute Gasteiger partial charge is 0.507 e. The minimum Gasteiger partial charge on any atom is -0.507 e. The van der Waals surface area contributed by atoms with Crippen LogP contribution in [0.15, 0.2) is 47.6 Å². The molecule has 2 rings (SSSR count). The second-order valence-electron chi connectivity index (χ2n) is 8.65. The van der Waals surface area contributed by atoms with Gasteiger partial charge in [0, 0.05) is 16.8 Å². The lowest BCUT2D eigenvalue weighted by Crippen LogP contribution is -2.24. The highest BCUT2D eigenvalue weighted by Crippen LogP contribution is 2.39. The van der Waals surface area contributed by atoms with Crippen molar-refractivity contribution in [1.29, 1.82) is 0 Å². The number of anilines is 1. The number of phenols is 1. The summed E-state index contributed by atoms with van der Waals surface area (Å²) in [6.45, 7) is 12.3. The molecule has 0 aromatic heterocycles. The summed E-state index contributed by atoms with van der Waals surface area (Å²) in [5.41, 5.74) is 5.26. The Labute approximate surface area is 161 Å². The van der Waals surface area contributed by atoms with Crippen LogP contribution in [0.1, 0.15) is 58.2 Å². The van der Waals surface area contributed by atoms with Crippen molar-refractivity contribution in [3.63, 3.8) is 0 Å². The Bertz CT molecular complexity index is 794. The summed E-state index contributed by atoms with van der Waals surface area (Å²) in [6.07, 6.45) is 1.59. The van der Waals surface area contributed by atoms with E-state index in [-0.39, 0.29) is 10.8 Å². The molecule has 0 aliphatic heterocycles. The van der Waals surface area contributed by atoms with Crippen LogP contribution >= 0.6 is 0 Å². The Morgan fingerprint density at radius 2 is 1.48 bits per heavy atom. The molecule has 0 radical (unpaired) electrons. The van der Waals surface area contributed by atoms with E-state index in [2.05, 4.69) is 57.4 Å². The number of carbonyl (C=O) groups is 1. The molecule has 2 aromatic rings. The molecule has 144 valence electrons. The van der Waals surface area contributed by atoms with Crippen LogP contribution in [-0.2, 0) is 10.8 Å². The van der Waals surface area contributed by atoms with E-state index in [1.54, 1.807) is 18.3 Å². The Morgan fingerprint density at radius 3 is 1.96 bits per heavy atom. The molecule has 0 aliphatic rings. The van der Waals surface area contributed by atoms with Gasteiger partial charge >= 0.3 is 6.03 Å². The van der Waals surface area contributed by atoms with E-state index < -0.39 is 6.03 Å². The van der Waals surface area contributed by atoms with Gasteiger partial charge in [-0.25, -0.2) is 10.2 Å². The maximum absolute atomic E-state index is 11.9. The zero-order chi connectivity index (χ0) is 20.2. The molecule has 2 aromatic carbocycles. The number of phenolic OH excluding ortho intramolecular Hbond substituents is 1. The quantitative estimate of drug-likeness (QED) is 0.519. The first kappa shape index (κ1) is 20.5. The Morgan fingerprint density at radius 1 is 0.963 bits per heavy atom. The molecule has 0 spiro atoms. The molecule has 0 heterocycles. The monoisotopic (exact) mass is 367 g/mol. The van der Waals surface area contributed by atoms with Gasteiger partial charge in [-0.1, -0.05) is 59.7 Å². The van der Waals surface area contributed by atoms with Crippen molar-refractivity contribution < 1.29 is 9.90 Å². The molecule has 0 fully saturated rings. The number of amides is 2. The maximum Gasteiger partial charge on any atom is 0.339 e. The Hall–Kier alpha value is -2.82. The van der Waals surface area contributed by atoms with Crippen molar-refractivity contribution in [1.82, 2.24) is 5.43 Å². The summed E-state index contributed by atoms with van der Waals surface area (Å²) in [5.74, 6) is 0.321. The van der Waals surface area contributed by atoms with Gasteiger partial charge in [0.25, 0.3) is 0 Å². The predicted molar refractivity (Wildman–Crippen MR) is 112 cm³/mol. The van der Waals surface area contributed by atoms with E-state index in [4.69, 9.17) is 0 Å². The van der Waals surface area contributed by atoms with Crippen LogP contribution in [0, 0.1) is 0 Å². The number of hydrazone groups is 1. The third-order valence-corrected chi connectivity index (χ3v) is 4.16. The zero-order valence-electron chi connectivity index (χ0n) is 16.9. The first-order chi connectivity index (χ1) is 12.5. The zero-order valence-corrected chi connectivity index (χ0v) is 16.9. The van der Waals surface area contributed by atoms with Crippen LogP contribution in [0.4, 0.5) is 10.5 Å². The first-order valence-corrected chi connectivity index (χ1v) is 9.01. The summed E-state index contributed by atoms with van der Waals surface area (Å²) >= 11 is 0. The molecule has 0 aliphatic carbocycles. The van der Waals surface area contributed by atoms with Crippen LogP contribution in [0.3, 0.4) is 0 Å². The number of hydrogen-bond donors (Lipinski definition) is 3. The molecule has 0 bridgehead atoms. The molecule has 0 atom stereocenters. The fourth-order valence-corrected chi connectivity index (χ4v) is 2.72. The minimum atomic E-state index is -0.414. The van der Waals surface area contributed by atoms with Crippen molar-refractivity contribution >= 4 is 17.9 Å². The van der Waals surface area contributed by atoms with Gasteiger partial charge in [-0.2, -0.15) is 5.10 Å². The maximum atomic E-state index is 11.9. The van der Waals surface area contributed by atoms with E-state index in [0.717, 1.165) is 16.7 Å². The number of nitrogens with zero attached hydrogens (tertiary/aromatic N) is 1. The fourth-order valence-electron chi connectivity index (χ4n) is 2.72. The molecular weight excluding hydrogens is 338 g/mol. The van der Waals surface area contributed by atoms with Gasteiger partial charge in [0.2, 0.25) is 0 Å². The van der Waals surface area contributed by atoms with E-state index in [9.17, 15) is 9.90 Å². The number of para-hydroxylation sites is 1. The summed E-state index contributed by atoms with van der Waals surface area (Å²) in [5, 5.41) is 17.5.